The Morgan fingerprint density at radius 3 is 2.93 bits per heavy atom. The van der Waals surface area contributed by atoms with E-state index in [1.807, 2.05) is 0 Å². The minimum absolute atomic E-state index is 0.0906. The fourth-order valence-electron chi connectivity index (χ4n) is 2.63. The van der Waals surface area contributed by atoms with Crippen molar-refractivity contribution in [2.45, 2.75) is 6.42 Å². The number of amides is 1. The van der Waals surface area contributed by atoms with Crippen LogP contribution in [0.25, 0.3) is 10.9 Å². The maximum atomic E-state index is 12.2. The van der Waals surface area contributed by atoms with E-state index in [1.165, 1.54) is 29.8 Å². The number of carbonyl (C=O) groups excluding carboxylic acids is 3. The first-order chi connectivity index (χ1) is 13.5. The summed E-state index contributed by atoms with van der Waals surface area (Å²) >= 11 is 7.13. The molecule has 0 spiro atoms. The van der Waals surface area contributed by atoms with Crippen LogP contribution in [0.2, 0.25) is 5.15 Å². The molecule has 2 aromatic rings. The molecule has 1 aromatic heterocycles. The normalized spacial score (nSPS) is 15.3. The van der Waals surface area contributed by atoms with E-state index in [1.54, 1.807) is 30.3 Å². The maximum Gasteiger partial charge on any atom is 0.338 e. The second-order valence-corrected chi connectivity index (χ2v) is 7.25. The Morgan fingerprint density at radius 1 is 1.32 bits per heavy atom. The number of methoxy groups -OCH3 is 1. The number of pyridine rings is 1. The lowest BCUT2D eigenvalue weighted by atomic mass is 10.1. The summed E-state index contributed by atoms with van der Waals surface area (Å²) in [7, 11) is 1.28. The average molecular weight is 421 g/mol. The molecule has 1 aliphatic heterocycles. The van der Waals surface area contributed by atoms with Crippen LogP contribution in [0, 0.1) is 0 Å². The number of hydrogen-bond donors (Lipinski definition) is 0. The summed E-state index contributed by atoms with van der Waals surface area (Å²) in [5.41, 5.74) is 1.11. The Kier molecular flexibility index (Phi) is 6.53. The van der Waals surface area contributed by atoms with Gasteiger partial charge >= 0.3 is 11.9 Å². The van der Waals surface area contributed by atoms with E-state index >= 15 is 0 Å². The molecule has 0 aliphatic carbocycles. The molecule has 0 bridgehead atoms. The van der Waals surface area contributed by atoms with E-state index in [-0.39, 0.29) is 18.3 Å². The number of hydrogen-bond acceptors (Lipinski definition) is 7. The third-order valence-electron chi connectivity index (χ3n) is 4.00. The highest BCUT2D eigenvalue weighted by Gasteiger charge is 2.27. The number of thioether (sulfide) groups is 1. The Hall–Kier alpha value is -2.58. The van der Waals surface area contributed by atoms with Gasteiger partial charge in [0.25, 0.3) is 0 Å². The summed E-state index contributed by atoms with van der Waals surface area (Å²) in [6, 6.07) is 8.48. The van der Waals surface area contributed by atoms with Crippen LogP contribution in [0.15, 0.2) is 41.4 Å². The van der Waals surface area contributed by atoms with Gasteiger partial charge in [0.15, 0.2) is 0 Å². The molecule has 2 heterocycles. The van der Waals surface area contributed by atoms with Crippen LogP contribution >= 0.6 is 23.4 Å². The molecule has 28 heavy (non-hydrogen) atoms. The topological polar surface area (TPSA) is 85.8 Å². The van der Waals surface area contributed by atoms with Gasteiger partial charge in [-0.15, -0.1) is 0 Å². The third kappa shape index (κ3) is 4.82. The van der Waals surface area contributed by atoms with Crippen LogP contribution in [-0.4, -0.2) is 53.7 Å². The molecule has 0 atom stereocenters. The molecular weight excluding hydrogens is 404 g/mol. The number of carbonyl (C=O) groups is 3. The first-order valence-electron chi connectivity index (χ1n) is 8.44. The van der Waals surface area contributed by atoms with Gasteiger partial charge in [-0.05, 0) is 36.8 Å². The number of rotatable bonds is 6. The fraction of sp³-hybridized carbons (Fsp3) is 0.263. The number of ether oxygens (including phenoxy) is 2. The second kappa shape index (κ2) is 9.07. The molecule has 0 unspecified atom stereocenters. The first-order valence-corrected chi connectivity index (χ1v) is 9.80. The summed E-state index contributed by atoms with van der Waals surface area (Å²) in [6.45, 7) is 0.498. The third-order valence-corrected chi connectivity index (χ3v) is 5.24. The second-order valence-electron chi connectivity index (χ2n) is 5.87. The lowest BCUT2D eigenvalue weighted by Crippen LogP contribution is -2.27. The number of nitrogens with zero attached hydrogens (tertiary/aromatic N) is 2. The predicted octanol–water partition coefficient (Wildman–Crippen LogP) is 3.02. The van der Waals surface area contributed by atoms with Crippen LogP contribution in [0.4, 0.5) is 0 Å². The number of aromatic nitrogens is 1. The molecule has 146 valence electrons. The first kappa shape index (κ1) is 20.2. The minimum atomic E-state index is -0.513. The van der Waals surface area contributed by atoms with Crippen LogP contribution in [0.5, 0.6) is 0 Å². The molecule has 1 aliphatic rings. The molecule has 1 saturated heterocycles. The van der Waals surface area contributed by atoms with Crippen LogP contribution in [0.1, 0.15) is 16.8 Å². The molecule has 1 amide bonds. The smallest absolute Gasteiger partial charge is 0.338 e. The summed E-state index contributed by atoms with van der Waals surface area (Å²) < 4.78 is 9.88. The molecular formula is C19H17ClN2O5S. The van der Waals surface area contributed by atoms with E-state index in [0.717, 1.165) is 5.39 Å². The van der Waals surface area contributed by atoms with Gasteiger partial charge in [-0.2, -0.15) is 0 Å². The van der Waals surface area contributed by atoms with Gasteiger partial charge in [-0.3, -0.25) is 4.79 Å². The van der Waals surface area contributed by atoms with E-state index in [9.17, 15) is 14.4 Å². The summed E-state index contributed by atoms with van der Waals surface area (Å²) in [5.74, 6) is -0.783. The van der Waals surface area contributed by atoms with Gasteiger partial charge in [0.2, 0.25) is 5.91 Å². The standard InChI is InChI=1S/C19H17ClN2O5S/c1-26-18(24)10-17-22(16(23)11-28-17)7-2-8-27-19(25)13-3-5-14-12(9-13)4-6-15(20)21-14/h3-6,9-10H,2,7-8,11H2,1H3/b17-10+. The van der Waals surface area contributed by atoms with Crippen molar-refractivity contribution in [3.63, 3.8) is 0 Å². The highest BCUT2D eigenvalue weighted by Crippen LogP contribution is 2.28. The summed E-state index contributed by atoms with van der Waals surface area (Å²) in [6.07, 6.45) is 1.73. The zero-order valence-electron chi connectivity index (χ0n) is 15.0. The van der Waals surface area contributed by atoms with Gasteiger partial charge in [0.05, 0.1) is 41.7 Å². The molecule has 7 nitrogen and oxygen atoms in total. The molecule has 0 radical (unpaired) electrons. The molecule has 1 fully saturated rings. The molecule has 9 heteroatoms. The van der Waals surface area contributed by atoms with Crippen LogP contribution in [-0.2, 0) is 19.1 Å². The van der Waals surface area contributed by atoms with Crippen molar-refractivity contribution in [2.75, 3.05) is 26.0 Å². The van der Waals surface area contributed by atoms with E-state index in [0.29, 0.717) is 34.2 Å². The lowest BCUT2D eigenvalue weighted by molar-refractivity contribution is -0.134. The van der Waals surface area contributed by atoms with Crippen molar-refractivity contribution in [3.8, 4) is 0 Å². The van der Waals surface area contributed by atoms with E-state index < -0.39 is 11.9 Å². The Bertz CT molecular complexity index is 962. The summed E-state index contributed by atoms with van der Waals surface area (Å²) in [5, 5.41) is 1.72. The maximum absolute atomic E-state index is 12.2. The van der Waals surface area contributed by atoms with Gasteiger partial charge in [-0.1, -0.05) is 23.4 Å². The predicted molar refractivity (Wildman–Crippen MR) is 106 cm³/mol. The zero-order valence-corrected chi connectivity index (χ0v) is 16.6. The number of benzene rings is 1. The summed E-state index contributed by atoms with van der Waals surface area (Å²) in [4.78, 5) is 41.2. The zero-order chi connectivity index (χ0) is 20.1. The van der Waals surface area contributed by atoms with Crippen LogP contribution < -0.4 is 0 Å². The molecule has 0 N–H and O–H groups in total. The van der Waals surface area contributed by atoms with Gasteiger partial charge in [-0.25, -0.2) is 14.6 Å². The monoisotopic (exact) mass is 420 g/mol. The molecule has 3 rings (SSSR count). The Balaban J connectivity index is 1.54. The van der Waals surface area contributed by atoms with Crippen molar-refractivity contribution in [1.29, 1.82) is 0 Å². The minimum Gasteiger partial charge on any atom is -0.466 e. The van der Waals surface area contributed by atoms with Crippen molar-refractivity contribution in [1.82, 2.24) is 9.88 Å². The van der Waals surface area contributed by atoms with Crippen molar-refractivity contribution in [3.05, 3.63) is 52.2 Å². The highest BCUT2D eigenvalue weighted by atomic mass is 35.5. The number of halogens is 1. The molecule has 1 aromatic carbocycles. The Labute approximate surface area is 170 Å². The van der Waals surface area contributed by atoms with E-state index in [4.69, 9.17) is 16.3 Å². The fourth-order valence-corrected chi connectivity index (χ4v) is 3.74. The highest BCUT2D eigenvalue weighted by molar-refractivity contribution is 8.04. The SMILES string of the molecule is COC(=O)/C=C1/SCC(=O)N1CCCOC(=O)c1ccc2nc(Cl)ccc2c1. The van der Waals surface area contributed by atoms with Gasteiger partial charge in [0.1, 0.15) is 5.15 Å². The largest absolute Gasteiger partial charge is 0.466 e. The lowest BCUT2D eigenvalue weighted by Gasteiger charge is -2.16. The average Bonchev–Trinajstić information content (AvgIpc) is 3.03. The van der Waals surface area contributed by atoms with Crippen LogP contribution in [0.3, 0.4) is 0 Å². The quantitative estimate of drug-likeness (QED) is 0.307. The van der Waals surface area contributed by atoms with Gasteiger partial charge < -0.3 is 14.4 Å². The van der Waals surface area contributed by atoms with Crippen molar-refractivity contribution < 1.29 is 23.9 Å². The van der Waals surface area contributed by atoms with Gasteiger partial charge in [0, 0.05) is 11.9 Å². The van der Waals surface area contributed by atoms with Crippen molar-refractivity contribution >= 4 is 52.1 Å². The molecule has 0 saturated carbocycles. The van der Waals surface area contributed by atoms with E-state index in [2.05, 4.69) is 9.72 Å². The number of fused-ring (bicyclic) bond motifs is 1. The van der Waals surface area contributed by atoms with Crippen molar-refractivity contribution in [2.24, 2.45) is 0 Å². The Morgan fingerprint density at radius 2 is 2.14 bits per heavy atom. The number of esters is 2.